The summed E-state index contributed by atoms with van der Waals surface area (Å²) >= 11 is 0. The highest BCUT2D eigenvalue weighted by Gasteiger charge is 2.27. The summed E-state index contributed by atoms with van der Waals surface area (Å²) in [4.78, 5) is 14.9. The van der Waals surface area contributed by atoms with Crippen LogP contribution in [0.2, 0.25) is 0 Å². The van der Waals surface area contributed by atoms with Gasteiger partial charge in [0, 0.05) is 23.5 Å². The van der Waals surface area contributed by atoms with E-state index in [0.29, 0.717) is 29.1 Å². The summed E-state index contributed by atoms with van der Waals surface area (Å²) in [6.07, 6.45) is 0.790. The maximum atomic E-state index is 13.1. The SMILES string of the molecule is COc1ccc(NS(=O)(=O)c2cc(C(=O)N3CCc4ccccc43)ccc2C)cc1. The number of carbonyl (C=O) groups excluding carboxylic acids is 1. The van der Waals surface area contributed by atoms with Gasteiger partial charge >= 0.3 is 0 Å². The van der Waals surface area contributed by atoms with Gasteiger partial charge in [-0.25, -0.2) is 8.42 Å². The molecule has 154 valence electrons. The number of nitrogens with one attached hydrogen (secondary N) is 1. The van der Waals surface area contributed by atoms with Crippen molar-refractivity contribution < 1.29 is 17.9 Å². The highest BCUT2D eigenvalue weighted by molar-refractivity contribution is 7.92. The van der Waals surface area contributed by atoms with Gasteiger partial charge in [0.25, 0.3) is 15.9 Å². The van der Waals surface area contributed by atoms with Crippen molar-refractivity contribution in [2.24, 2.45) is 0 Å². The van der Waals surface area contributed by atoms with Gasteiger partial charge in [-0.15, -0.1) is 0 Å². The van der Waals surface area contributed by atoms with Crippen molar-refractivity contribution in [2.75, 3.05) is 23.3 Å². The number of aryl methyl sites for hydroxylation is 1. The first-order valence-electron chi connectivity index (χ1n) is 9.56. The van der Waals surface area contributed by atoms with Crippen molar-refractivity contribution in [1.82, 2.24) is 0 Å². The number of methoxy groups -OCH3 is 1. The average Bonchev–Trinajstić information content (AvgIpc) is 3.18. The molecule has 30 heavy (non-hydrogen) atoms. The Balaban J connectivity index is 1.63. The van der Waals surface area contributed by atoms with Crippen LogP contribution in [0.3, 0.4) is 0 Å². The Bertz CT molecular complexity index is 1200. The third-order valence-corrected chi connectivity index (χ3v) is 6.72. The molecule has 4 rings (SSSR count). The van der Waals surface area contributed by atoms with Crippen LogP contribution in [0.25, 0.3) is 0 Å². The average molecular weight is 423 g/mol. The van der Waals surface area contributed by atoms with E-state index < -0.39 is 10.0 Å². The second kappa shape index (κ2) is 7.84. The lowest BCUT2D eigenvalue weighted by Gasteiger charge is -2.18. The lowest BCUT2D eigenvalue weighted by atomic mass is 10.1. The molecule has 0 saturated heterocycles. The number of anilines is 2. The molecule has 0 aromatic heterocycles. The smallest absolute Gasteiger partial charge is 0.262 e. The van der Waals surface area contributed by atoms with E-state index >= 15 is 0 Å². The number of ether oxygens (including phenoxy) is 1. The Morgan fingerprint density at radius 1 is 1.03 bits per heavy atom. The fraction of sp³-hybridized carbons (Fsp3) is 0.174. The first-order valence-corrected chi connectivity index (χ1v) is 11.0. The van der Waals surface area contributed by atoms with Crippen LogP contribution >= 0.6 is 0 Å². The van der Waals surface area contributed by atoms with Crippen LogP contribution in [0.5, 0.6) is 5.75 Å². The summed E-state index contributed by atoms with van der Waals surface area (Å²) in [5, 5.41) is 0. The number of amides is 1. The van der Waals surface area contributed by atoms with Crippen molar-refractivity contribution >= 4 is 27.3 Å². The van der Waals surface area contributed by atoms with E-state index in [2.05, 4.69) is 4.72 Å². The molecule has 3 aromatic carbocycles. The van der Waals surface area contributed by atoms with Gasteiger partial charge in [0.15, 0.2) is 0 Å². The fourth-order valence-corrected chi connectivity index (χ4v) is 4.93. The third kappa shape index (κ3) is 3.76. The topological polar surface area (TPSA) is 75.7 Å². The molecule has 0 fully saturated rings. The lowest BCUT2D eigenvalue weighted by Crippen LogP contribution is -2.29. The van der Waals surface area contributed by atoms with E-state index in [-0.39, 0.29) is 10.8 Å². The number of sulfonamides is 1. The summed E-state index contributed by atoms with van der Waals surface area (Å²) in [6.45, 7) is 2.29. The van der Waals surface area contributed by atoms with Gasteiger partial charge in [-0.1, -0.05) is 24.3 Å². The summed E-state index contributed by atoms with van der Waals surface area (Å²) in [7, 11) is -2.32. The molecule has 0 saturated carbocycles. The molecule has 1 N–H and O–H groups in total. The van der Waals surface area contributed by atoms with Gasteiger partial charge in [0.1, 0.15) is 5.75 Å². The molecule has 3 aromatic rings. The van der Waals surface area contributed by atoms with Crippen LogP contribution in [0.15, 0.2) is 71.6 Å². The van der Waals surface area contributed by atoms with E-state index in [9.17, 15) is 13.2 Å². The van der Waals surface area contributed by atoms with Gasteiger partial charge < -0.3 is 9.64 Å². The highest BCUT2D eigenvalue weighted by atomic mass is 32.2. The summed E-state index contributed by atoms with van der Waals surface area (Å²) < 4.78 is 33.7. The van der Waals surface area contributed by atoms with Gasteiger partial charge in [-0.05, 0) is 66.9 Å². The number of fused-ring (bicyclic) bond motifs is 1. The quantitative estimate of drug-likeness (QED) is 0.674. The minimum atomic E-state index is -3.87. The zero-order valence-electron chi connectivity index (χ0n) is 16.8. The number of para-hydroxylation sites is 1. The Morgan fingerprint density at radius 2 is 1.77 bits per heavy atom. The second-order valence-corrected chi connectivity index (χ2v) is 8.80. The minimum Gasteiger partial charge on any atom is -0.497 e. The molecule has 0 atom stereocenters. The van der Waals surface area contributed by atoms with Crippen molar-refractivity contribution in [3.8, 4) is 5.75 Å². The number of hydrogen-bond acceptors (Lipinski definition) is 4. The number of benzene rings is 3. The lowest BCUT2D eigenvalue weighted by molar-refractivity contribution is 0.0989. The molecule has 7 heteroatoms. The molecular formula is C23H22N2O4S. The van der Waals surface area contributed by atoms with Crippen LogP contribution in [-0.4, -0.2) is 28.0 Å². The molecule has 1 amide bonds. The van der Waals surface area contributed by atoms with E-state index in [0.717, 1.165) is 17.7 Å². The Morgan fingerprint density at radius 3 is 2.50 bits per heavy atom. The number of hydrogen-bond donors (Lipinski definition) is 1. The van der Waals surface area contributed by atoms with Crippen LogP contribution in [-0.2, 0) is 16.4 Å². The molecule has 0 radical (unpaired) electrons. The van der Waals surface area contributed by atoms with Crippen molar-refractivity contribution in [3.05, 3.63) is 83.4 Å². The Kier molecular flexibility index (Phi) is 5.22. The van der Waals surface area contributed by atoms with E-state index in [4.69, 9.17) is 4.74 Å². The molecule has 0 bridgehead atoms. The predicted octanol–water partition coefficient (Wildman–Crippen LogP) is 4.01. The Hall–Kier alpha value is -3.32. The normalized spacial score (nSPS) is 13.1. The molecule has 6 nitrogen and oxygen atoms in total. The maximum Gasteiger partial charge on any atom is 0.262 e. The molecule has 1 heterocycles. The minimum absolute atomic E-state index is 0.0802. The first kappa shape index (κ1) is 20.0. The second-order valence-electron chi connectivity index (χ2n) is 7.15. The van der Waals surface area contributed by atoms with Crippen LogP contribution in [0.1, 0.15) is 21.5 Å². The molecule has 0 unspecified atom stereocenters. The van der Waals surface area contributed by atoms with Gasteiger partial charge in [0.05, 0.1) is 12.0 Å². The van der Waals surface area contributed by atoms with E-state index in [1.165, 1.54) is 6.07 Å². The fourth-order valence-electron chi connectivity index (χ4n) is 3.60. The first-order chi connectivity index (χ1) is 14.4. The molecule has 1 aliphatic rings. The zero-order valence-corrected chi connectivity index (χ0v) is 17.6. The summed E-state index contributed by atoms with van der Waals surface area (Å²) in [6, 6.07) is 19.2. The molecule has 0 aliphatic carbocycles. The largest absolute Gasteiger partial charge is 0.497 e. The summed E-state index contributed by atoms with van der Waals surface area (Å²) in [5.74, 6) is 0.425. The predicted molar refractivity (Wildman–Crippen MR) is 117 cm³/mol. The zero-order chi connectivity index (χ0) is 21.3. The van der Waals surface area contributed by atoms with Crippen molar-refractivity contribution in [3.63, 3.8) is 0 Å². The highest BCUT2D eigenvalue weighted by Crippen LogP contribution is 2.30. The van der Waals surface area contributed by atoms with E-state index in [1.807, 2.05) is 24.3 Å². The molecule has 0 spiro atoms. The molecular weight excluding hydrogens is 400 g/mol. The standard InChI is InChI=1S/C23H22N2O4S/c1-16-7-8-18(23(26)25-14-13-17-5-3-4-6-21(17)25)15-22(16)30(27,28)24-19-9-11-20(29-2)12-10-19/h3-12,15,24H,13-14H2,1-2H3. The van der Waals surface area contributed by atoms with E-state index in [1.54, 1.807) is 55.3 Å². The monoisotopic (exact) mass is 422 g/mol. The van der Waals surface area contributed by atoms with Crippen LogP contribution < -0.4 is 14.4 Å². The molecule has 1 aliphatic heterocycles. The number of rotatable bonds is 5. The van der Waals surface area contributed by atoms with Gasteiger partial charge in [-0.2, -0.15) is 0 Å². The number of carbonyl (C=O) groups is 1. The van der Waals surface area contributed by atoms with Gasteiger partial charge in [0.2, 0.25) is 0 Å². The number of nitrogens with zero attached hydrogens (tertiary/aromatic N) is 1. The van der Waals surface area contributed by atoms with Gasteiger partial charge in [-0.3, -0.25) is 9.52 Å². The van der Waals surface area contributed by atoms with Crippen molar-refractivity contribution in [1.29, 1.82) is 0 Å². The van der Waals surface area contributed by atoms with Crippen molar-refractivity contribution in [2.45, 2.75) is 18.2 Å². The summed E-state index contributed by atoms with van der Waals surface area (Å²) in [5.41, 5.74) is 3.32. The maximum absolute atomic E-state index is 13.1. The van der Waals surface area contributed by atoms with Crippen LogP contribution in [0.4, 0.5) is 11.4 Å². The van der Waals surface area contributed by atoms with Crippen LogP contribution in [0, 0.1) is 6.92 Å². The Labute approximate surface area is 176 Å². The third-order valence-electron chi connectivity index (χ3n) is 5.20.